The number of aromatic nitrogens is 7. The molecule has 1 aliphatic rings. The van der Waals surface area contributed by atoms with Crippen LogP contribution in [0.4, 0.5) is 10.2 Å². The molecular formula is C28H26FN9O. The summed E-state index contributed by atoms with van der Waals surface area (Å²) in [6.45, 7) is 7.31. The van der Waals surface area contributed by atoms with Crippen molar-refractivity contribution in [2.45, 2.75) is 25.9 Å². The molecular weight excluding hydrogens is 497 g/mol. The number of hydrogen-bond acceptors (Lipinski definition) is 6. The number of carbonyl (C=O) groups is 1. The van der Waals surface area contributed by atoms with E-state index in [1.165, 1.54) is 12.1 Å². The molecule has 0 bridgehead atoms. The van der Waals surface area contributed by atoms with Crippen molar-refractivity contribution in [2.24, 2.45) is 7.05 Å². The molecule has 39 heavy (non-hydrogen) atoms. The van der Waals surface area contributed by atoms with Gasteiger partial charge in [-0.25, -0.2) is 14.4 Å². The number of carbonyl (C=O) groups excluding carboxylic acids is 1. The van der Waals surface area contributed by atoms with E-state index < -0.39 is 5.82 Å². The number of benzene rings is 1. The highest BCUT2D eigenvalue weighted by Crippen LogP contribution is 2.35. The maximum absolute atomic E-state index is 15.0. The van der Waals surface area contributed by atoms with E-state index in [4.69, 9.17) is 10.8 Å². The van der Waals surface area contributed by atoms with Gasteiger partial charge in [0.1, 0.15) is 17.3 Å². The van der Waals surface area contributed by atoms with Crippen molar-refractivity contribution in [3.05, 3.63) is 66.6 Å². The summed E-state index contributed by atoms with van der Waals surface area (Å²) in [6, 6.07) is 4.85. The maximum atomic E-state index is 15.0. The van der Waals surface area contributed by atoms with E-state index in [1.807, 2.05) is 35.5 Å². The predicted molar refractivity (Wildman–Crippen MR) is 146 cm³/mol. The summed E-state index contributed by atoms with van der Waals surface area (Å²) in [5, 5.41) is 9.98. The van der Waals surface area contributed by atoms with Crippen molar-refractivity contribution in [2.75, 3.05) is 18.8 Å². The molecule has 1 aliphatic heterocycles. The third-order valence-electron chi connectivity index (χ3n) is 7.11. The molecule has 1 amide bonds. The smallest absolute Gasteiger partial charge is 0.246 e. The monoisotopic (exact) mass is 523 g/mol. The fraction of sp³-hybridized carbons (Fsp3) is 0.250. The van der Waals surface area contributed by atoms with Crippen LogP contribution < -0.4 is 5.73 Å². The second-order valence-corrected chi connectivity index (χ2v) is 9.48. The molecule has 5 heterocycles. The van der Waals surface area contributed by atoms with Crippen molar-refractivity contribution in [3.63, 3.8) is 0 Å². The molecule has 0 aliphatic carbocycles. The first-order valence-corrected chi connectivity index (χ1v) is 12.6. The molecule has 5 aromatic rings. The van der Waals surface area contributed by atoms with Crippen molar-refractivity contribution in [3.8, 4) is 23.1 Å². The Morgan fingerprint density at radius 1 is 1.28 bits per heavy atom. The predicted octanol–water partition coefficient (Wildman–Crippen LogP) is 3.28. The van der Waals surface area contributed by atoms with E-state index in [0.29, 0.717) is 53.9 Å². The number of anilines is 1. The Hall–Kier alpha value is -4.98. The van der Waals surface area contributed by atoms with Gasteiger partial charge in [-0.2, -0.15) is 10.2 Å². The number of nitrogen functional groups attached to an aromatic ring is 1. The second kappa shape index (κ2) is 9.40. The van der Waals surface area contributed by atoms with E-state index in [2.05, 4.69) is 33.5 Å². The second-order valence-electron chi connectivity index (χ2n) is 9.48. The number of halogens is 1. The molecule has 196 valence electrons. The van der Waals surface area contributed by atoms with Gasteiger partial charge in [0.15, 0.2) is 0 Å². The van der Waals surface area contributed by atoms with Gasteiger partial charge >= 0.3 is 0 Å². The first kappa shape index (κ1) is 24.4. The van der Waals surface area contributed by atoms with Crippen LogP contribution in [0.1, 0.15) is 30.6 Å². The topological polar surface area (TPSA) is 113 Å². The molecule has 1 aromatic carbocycles. The van der Waals surface area contributed by atoms with Gasteiger partial charge in [0, 0.05) is 50.7 Å². The minimum Gasteiger partial charge on any atom is -0.383 e. The Kier molecular flexibility index (Phi) is 5.87. The Bertz CT molecular complexity index is 1830. The zero-order valence-electron chi connectivity index (χ0n) is 21.6. The largest absolute Gasteiger partial charge is 0.383 e. The molecule has 1 fully saturated rings. The van der Waals surface area contributed by atoms with Gasteiger partial charge in [0.25, 0.3) is 0 Å². The molecule has 10 nitrogen and oxygen atoms in total. The van der Waals surface area contributed by atoms with Crippen molar-refractivity contribution in [1.82, 2.24) is 39.0 Å². The number of pyridine rings is 1. The number of fused-ring (bicyclic) bond motifs is 2. The molecule has 11 heteroatoms. The molecule has 4 aromatic heterocycles. The lowest BCUT2D eigenvalue weighted by molar-refractivity contribution is -0.125. The third kappa shape index (κ3) is 4.10. The first-order chi connectivity index (χ1) is 18.9. The highest BCUT2D eigenvalue weighted by atomic mass is 19.1. The number of aryl methyl sites for hydroxylation is 2. The molecule has 1 saturated heterocycles. The summed E-state index contributed by atoms with van der Waals surface area (Å²) in [7, 11) is 1.84. The molecule has 0 unspecified atom stereocenters. The number of imidazole rings is 1. The van der Waals surface area contributed by atoms with E-state index in [0.717, 1.165) is 11.1 Å². The van der Waals surface area contributed by atoms with Crippen LogP contribution in [-0.2, 0) is 18.4 Å². The Morgan fingerprint density at radius 2 is 2.13 bits per heavy atom. The Labute approximate surface area is 223 Å². The van der Waals surface area contributed by atoms with Crippen molar-refractivity contribution < 1.29 is 9.18 Å². The van der Waals surface area contributed by atoms with E-state index in [9.17, 15) is 4.79 Å². The van der Waals surface area contributed by atoms with Crippen molar-refractivity contribution in [1.29, 1.82) is 0 Å². The summed E-state index contributed by atoms with van der Waals surface area (Å²) < 4.78 is 20.5. The lowest BCUT2D eigenvalue weighted by atomic mass is 10.1. The SMILES string of the molecule is C=CC(=O)N1CC[C@H](n2nc(C#Cc3cc4ncn(CC)c4cc3F)c3c(N)ncc(-c4ccn(C)n4)c32)C1. The highest BCUT2D eigenvalue weighted by Gasteiger charge is 2.30. The molecule has 0 spiro atoms. The zero-order valence-corrected chi connectivity index (χ0v) is 21.6. The maximum Gasteiger partial charge on any atom is 0.246 e. The molecule has 6 rings (SSSR count). The summed E-state index contributed by atoms with van der Waals surface area (Å²) in [6.07, 6.45) is 7.21. The first-order valence-electron chi connectivity index (χ1n) is 12.6. The fourth-order valence-electron chi connectivity index (χ4n) is 5.12. The summed E-state index contributed by atoms with van der Waals surface area (Å²) >= 11 is 0. The highest BCUT2D eigenvalue weighted by molar-refractivity contribution is 6.01. The number of nitrogens with two attached hydrogens (primary N) is 1. The number of likely N-dealkylation sites (tertiary alicyclic amines) is 1. The normalized spacial score (nSPS) is 15.2. The van der Waals surface area contributed by atoms with Crippen LogP contribution in [-0.4, -0.2) is 58.0 Å². The van der Waals surface area contributed by atoms with Crippen LogP contribution in [0.25, 0.3) is 33.2 Å². The lowest BCUT2D eigenvalue weighted by Crippen LogP contribution is -2.27. The third-order valence-corrected chi connectivity index (χ3v) is 7.11. The average Bonchev–Trinajstić information content (AvgIpc) is 3.73. The van der Waals surface area contributed by atoms with Crippen LogP contribution in [0.15, 0.2) is 49.6 Å². The van der Waals surface area contributed by atoms with Crippen LogP contribution in [0.3, 0.4) is 0 Å². The minimum atomic E-state index is -0.441. The zero-order chi connectivity index (χ0) is 27.3. The van der Waals surface area contributed by atoms with Gasteiger partial charge in [-0.15, -0.1) is 0 Å². The van der Waals surface area contributed by atoms with Gasteiger partial charge in [-0.3, -0.25) is 14.2 Å². The molecule has 2 N–H and O–H groups in total. The number of nitrogens with zero attached hydrogens (tertiary/aromatic N) is 8. The van der Waals surface area contributed by atoms with Gasteiger partial charge < -0.3 is 15.2 Å². The standard InChI is InChI=1S/C28H26FN9O/c1-4-25(39)37-11-8-18(15-37)38-27-19(21-9-10-35(3)33-21)14-31-28(30)26(27)22(34-38)7-6-17-12-23-24(13-20(17)29)36(5-2)16-32-23/h4,9-10,12-14,16,18H,1,5,8,11,15H2,2-3H3,(H2,30,31)/t18-/m0/s1. The van der Waals surface area contributed by atoms with Gasteiger partial charge in [-0.1, -0.05) is 12.5 Å². The minimum absolute atomic E-state index is 0.123. The van der Waals surface area contributed by atoms with Crippen LogP contribution in [0.2, 0.25) is 0 Å². The fourth-order valence-corrected chi connectivity index (χ4v) is 5.12. The van der Waals surface area contributed by atoms with E-state index in [-0.39, 0.29) is 23.3 Å². The summed E-state index contributed by atoms with van der Waals surface area (Å²) in [5.74, 6) is 5.68. The number of amides is 1. The van der Waals surface area contributed by atoms with Crippen LogP contribution in [0, 0.1) is 17.7 Å². The van der Waals surface area contributed by atoms with Crippen LogP contribution >= 0.6 is 0 Å². The van der Waals surface area contributed by atoms with Gasteiger partial charge in [0.2, 0.25) is 5.91 Å². The van der Waals surface area contributed by atoms with E-state index in [1.54, 1.807) is 28.2 Å². The van der Waals surface area contributed by atoms with Gasteiger partial charge in [0.05, 0.1) is 45.6 Å². The quantitative estimate of drug-likeness (QED) is 0.286. The summed E-state index contributed by atoms with van der Waals surface area (Å²) in [4.78, 5) is 22.8. The molecule has 0 saturated carbocycles. The average molecular weight is 524 g/mol. The van der Waals surface area contributed by atoms with Crippen molar-refractivity contribution >= 4 is 33.7 Å². The molecule has 0 radical (unpaired) electrons. The Balaban J connectivity index is 1.52. The Morgan fingerprint density at radius 3 is 2.87 bits per heavy atom. The van der Waals surface area contributed by atoms with E-state index >= 15 is 4.39 Å². The molecule has 1 atom stereocenters. The number of hydrogen-bond donors (Lipinski definition) is 1. The van der Waals surface area contributed by atoms with Gasteiger partial charge in [-0.05, 0) is 37.5 Å². The lowest BCUT2D eigenvalue weighted by Gasteiger charge is -2.16. The summed E-state index contributed by atoms with van der Waals surface area (Å²) in [5.41, 5.74) is 10.5. The van der Waals surface area contributed by atoms with Crippen LogP contribution in [0.5, 0.6) is 0 Å². The number of rotatable bonds is 4.